The monoisotopic (exact) mass is 273 g/mol. The summed E-state index contributed by atoms with van der Waals surface area (Å²) in [6.07, 6.45) is 1.44. The van der Waals surface area contributed by atoms with Crippen LogP contribution in [0, 0.1) is 0 Å². The summed E-state index contributed by atoms with van der Waals surface area (Å²) < 4.78 is 0. The Hall–Kier alpha value is -2.04. The first-order chi connectivity index (χ1) is 9.58. The molecule has 0 aliphatic carbocycles. The second-order valence-corrected chi connectivity index (χ2v) is 5.67. The normalized spacial score (nSPS) is 24.1. The van der Waals surface area contributed by atoms with Crippen LogP contribution >= 0.6 is 0 Å². The van der Waals surface area contributed by atoms with Gasteiger partial charge >= 0.3 is 0 Å². The largest absolute Gasteiger partial charge is 0.364 e. The van der Waals surface area contributed by atoms with E-state index in [1.807, 2.05) is 32.0 Å². The van der Waals surface area contributed by atoms with E-state index in [2.05, 4.69) is 10.6 Å². The van der Waals surface area contributed by atoms with Gasteiger partial charge in [-0.2, -0.15) is 0 Å². The minimum Gasteiger partial charge on any atom is -0.364 e. The van der Waals surface area contributed by atoms with Crippen LogP contribution in [0.4, 0.5) is 5.69 Å². The molecule has 1 fully saturated rings. The van der Waals surface area contributed by atoms with Gasteiger partial charge in [0.05, 0.1) is 5.56 Å². The van der Waals surface area contributed by atoms with E-state index in [0.29, 0.717) is 12.0 Å². The molecule has 5 nitrogen and oxygen atoms in total. The van der Waals surface area contributed by atoms with E-state index in [-0.39, 0.29) is 30.1 Å². The van der Waals surface area contributed by atoms with Gasteiger partial charge in [-0.1, -0.05) is 12.1 Å². The predicted molar refractivity (Wildman–Crippen MR) is 76.3 cm³/mol. The molecule has 0 unspecified atom stereocenters. The number of nitrogens with zero attached hydrogens (tertiary/aromatic N) is 1. The van der Waals surface area contributed by atoms with Gasteiger partial charge in [0, 0.05) is 11.7 Å². The molecule has 2 amide bonds. The van der Waals surface area contributed by atoms with Crippen molar-refractivity contribution in [1.29, 1.82) is 0 Å². The number of rotatable bonds is 2. The summed E-state index contributed by atoms with van der Waals surface area (Å²) in [6.45, 7) is 3.85. The number of carbonyl (C=O) groups is 2. The third-order valence-electron chi connectivity index (χ3n) is 3.83. The molecular formula is C15H19N3O2. The van der Waals surface area contributed by atoms with Crippen molar-refractivity contribution < 1.29 is 9.59 Å². The molecular weight excluding hydrogens is 254 g/mol. The van der Waals surface area contributed by atoms with Gasteiger partial charge in [-0.3, -0.25) is 9.59 Å². The van der Waals surface area contributed by atoms with E-state index >= 15 is 0 Å². The molecule has 5 heteroatoms. The lowest BCUT2D eigenvalue weighted by atomic mass is 10.1. The van der Waals surface area contributed by atoms with Gasteiger partial charge in [0.1, 0.15) is 12.2 Å². The Kier molecular flexibility index (Phi) is 3.12. The molecule has 3 rings (SSSR count). The number of fused-ring (bicyclic) bond motifs is 2. The van der Waals surface area contributed by atoms with Gasteiger partial charge in [-0.15, -0.1) is 0 Å². The van der Waals surface area contributed by atoms with Crippen LogP contribution in [0.5, 0.6) is 0 Å². The first kappa shape index (κ1) is 13.0. The summed E-state index contributed by atoms with van der Waals surface area (Å²) in [4.78, 5) is 26.5. The maximum atomic E-state index is 12.6. The quantitative estimate of drug-likeness (QED) is 0.859. The van der Waals surface area contributed by atoms with Crippen molar-refractivity contribution in [2.45, 2.75) is 44.9 Å². The smallest absolute Gasteiger partial charge is 0.258 e. The van der Waals surface area contributed by atoms with Crippen LogP contribution in [0.2, 0.25) is 0 Å². The van der Waals surface area contributed by atoms with Crippen LogP contribution in [-0.4, -0.2) is 35.0 Å². The average Bonchev–Trinajstić information content (AvgIpc) is 2.82. The number of anilines is 1. The lowest BCUT2D eigenvalue weighted by molar-refractivity contribution is -0.125. The van der Waals surface area contributed by atoms with Gasteiger partial charge in [0.2, 0.25) is 5.91 Å². The van der Waals surface area contributed by atoms with Crippen LogP contribution in [0.1, 0.15) is 37.0 Å². The van der Waals surface area contributed by atoms with Crippen LogP contribution in [0.3, 0.4) is 0 Å². The zero-order chi connectivity index (χ0) is 14.3. The third kappa shape index (κ3) is 2.03. The van der Waals surface area contributed by atoms with E-state index in [1.165, 1.54) is 0 Å². The van der Waals surface area contributed by atoms with Gasteiger partial charge in [0.15, 0.2) is 0 Å². The molecule has 0 spiro atoms. The number of hydrogen-bond donors (Lipinski definition) is 2. The van der Waals surface area contributed by atoms with Crippen molar-refractivity contribution in [3.05, 3.63) is 29.8 Å². The van der Waals surface area contributed by atoms with Gasteiger partial charge in [-0.05, 0) is 38.8 Å². The molecule has 2 atom stereocenters. The van der Waals surface area contributed by atoms with Crippen molar-refractivity contribution in [3.63, 3.8) is 0 Å². The summed E-state index contributed by atoms with van der Waals surface area (Å²) in [5.41, 5.74) is 1.51. The Bertz CT molecular complexity index is 556. The lowest BCUT2D eigenvalue weighted by Gasteiger charge is -2.35. The fourth-order valence-corrected chi connectivity index (χ4v) is 2.99. The zero-order valence-corrected chi connectivity index (χ0v) is 11.7. The molecule has 1 aromatic carbocycles. The first-order valence-electron chi connectivity index (χ1n) is 7.06. The zero-order valence-electron chi connectivity index (χ0n) is 11.7. The van der Waals surface area contributed by atoms with Crippen LogP contribution < -0.4 is 10.6 Å². The number of amides is 2. The first-order valence-corrected chi connectivity index (χ1v) is 7.06. The molecule has 1 aromatic rings. The molecule has 2 heterocycles. The Morgan fingerprint density at radius 2 is 2.10 bits per heavy atom. The molecule has 106 valence electrons. The van der Waals surface area contributed by atoms with Crippen molar-refractivity contribution in [3.8, 4) is 0 Å². The fraction of sp³-hybridized carbons (Fsp3) is 0.467. The molecule has 2 aliphatic heterocycles. The molecule has 0 radical (unpaired) electrons. The second kappa shape index (κ2) is 4.81. The van der Waals surface area contributed by atoms with E-state index in [9.17, 15) is 9.59 Å². The molecule has 0 aromatic heterocycles. The van der Waals surface area contributed by atoms with Gasteiger partial charge in [-0.25, -0.2) is 0 Å². The summed E-state index contributed by atoms with van der Waals surface area (Å²) >= 11 is 0. The topological polar surface area (TPSA) is 61.4 Å². The maximum Gasteiger partial charge on any atom is 0.258 e. The molecule has 0 saturated carbocycles. The third-order valence-corrected chi connectivity index (χ3v) is 3.83. The lowest BCUT2D eigenvalue weighted by Crippen LogP contribution is -2.53. The highest BCUT2D eigenvalue weighted by atomic mass is 16.2. The predicted octanol–water partition coefficient (Wildman–Crippen LogP) is 1.57. The SMILES string of the molecule is CC(C)NC(=O)[C@@H]1CC[C@@H]2Nc3ccccc3C(=O)N21. The Balaban J connectivity index is 1.88. The van der Waals surface area contributed by atoms with E-state index < -0.39 is 0 Å². The number of benzene rings is 1. The Morgan fingerprint density at radius 1 is 1.35 bits per heavy atom. The van der Waals surface area contributed by atoms with Crippen LogP contribution in [0.25, 0.3) is 0 Å². The second-order valence-electron chi connectivity index (χ2n) is 5.67. The number of carbonyl (C=O) groups excluding carboxylic acids is 2. The Morgan fingerprint density at radius 3 is 2.85 bits per heavy atom. The molecule has 0 bridgehead atoms. The standard InChI is InChI=1S/C15H19N3O2/c1-9(2)16-14(19)12-7-8-13-17-11-6-4-3-5-10(11)15(20)18(12)13/h3-6,9,12-13,17H,7-8H2,1-2H3,(H,16,19)/t12-,13+/m0/s1. The summed E-state index contributed by atoms with van der Waals surface area (Å²) in [5, 5.41) is 6.25. The highest BCUT2D eigenvalue weighted by Crippen LogP contribution is 2.34. The summed E-state index contributed by atoms with van der Waals surface area (Å²) in [5.74, 6) is -0.109. The van der Waals surface area contributed by atoms with Crippen LogP contribution in [-0.2, 0) is 4.79 Å². The summed E-state index contributed by atoms with van der Waals surface area (Å²) in [6, 6.07) is 7.19. The minimum absolute atomic E-state index is 0.0502. The average molecular weight is 273 g/mol. The highest BCUT2D eigenvalue weighted by Gasteiger charge is 2.44. The van der Waals surface area contributed by atoms with Crippen LogP contribution in [0.15, 0.2) is 24.3 Å². The maximum absolute atomic E-state index is 12.6. The van der Waals surface area contributed by atoms with E-state index in [0.717, 1.165) is 12.1 Å². The van der Waals surface area contributed by atoms with Crippen molar-refractivity contribution in [1.82, 2.24) is 10.2 Å². The van der Waals surface area contributed by atoms with Crippen molar-refractivity contribution >= 4 is 17.5 Å². The van der Waals surface area contributed by atoms with E-state index in [4.69, 9.17) is 0 Å². The highest BCUT2D eigenvalue weighted by molar-refractivity contribution is 6.04. The van der Waals surface area contributed by atoms with Crippen molar-refractivity contribution in [2.75, 3.05) is 5.32 Å². The molecule has 20 heavy (non-hydrogen) atoms. The number of para-hydroxylation sites is 1. The van der Waals surface area contributed by atoms with Gasteiger partial charge in [0.25, 0.3) is 5.91 Å². The minimum atomic E-state index is -0.365. The molecule has 1 saturated heterocycles. The van der Waals surface area contributed by atoms with Crippen molar-refractivity contribution in [2.24, 2.45) is 0 Å². The number of nitrogens with one attached hydrogen (secondary N) is 2. The van der Waals surface area contributed by atoms with E-state index in [1.54, 1.807) is 11.0 Å². The molecule has 2 aliphatic rings. The number of hydrogen-bond acceptors (Lipinski definition) is 3. The Labute approximate surface area is 118 Å². The molecule has 2 N–H and O–H groups in total. The summed E-state index contributed by atoms with van der Waals surface area (Å²) in [7, 11) is 0. The fourth-order valence-electron chi connectivity index (χ4n) is 2.99. The van der Waals surface area contributed by atoms with Gasteiger partial charge < -0.3 is 15.5 Å².